The number of fused-ring (bicyclic) bond motifs is 2. The molecule has 3 heterocycles. The van der Waals surface area contributed by atoms with Crippen LogP contribution < -0.4 is 5.32 Å². The predicted octanol–water partition coefficient (Wildman–Crippen LogP) is 1.87. The highest BCUT2D eigenvalue weighted by molar-refractivity contribution is 7.99. The molecule has 0 saturated carbocycles. The first-order valence-corrected chi connectivity index (χ1v) is 7.14. The number of carbonyl (C=O) groups excluding carboxylic acids is 1. The van der Waals surface area contributed by atoms with Crippen molar-refractivity contribution in [2.24, 2.45) is 0 Å². The fraction of sp³-hybridized carbons (Fsp3) is 0.0714. The van der Waals surface area contributed by atoms with Gasteiger partial charge in [0.2, 0.25) is 0 Å². The first kappa shape index (κ1) is 12.4. The van der Waals surface area contributed by atoms with Crippen molar-refractivity contribution in [2.45, 2.75) is 16.2 Å². The van der Waals surface area contributed by atoms with Gasteiger partial charge in [0.1, 0.15) is 0 Å². The van der Waals surface area contributed by atoms with Crippen LogP contribution in [0.15, 0.2) is 52.6 Å². The lowest BCUT2D eigenvalue weighted by molar-refractivity contribution is -0.123. The zero-order valence-electron chi connectivity index (χ0n) is 10.7. The van der Waals surface area contributed by atoms with Gasteiger partial charge >= 0.3 is 0 Å². The molecule has 21 heavy (non-hydrogen) atoms. The van der Waals surface area contributed by atoms with Crippen molar-refractivity contribution in [1.82, 2.24) is 14.6 Å². The Kier molecular flexibility index (Phi) is 2.69. The number of benzene rings is 1. The minimum atomic E-state index is -1.08. The molecule has 1 unspecified atom stereocenters. The van der Waals surface area contributed by atoms with Crippen molar-refractivity contribution < 1.29 is 9.90 Å². The Balaban J connectivity index is 1.70. The standard InChI is InChI=1S/C14H10N4O2S/c19-12-9-5-4-8(7-10(9)15-13(12)20)21-14-17-16-11-3-1-2-6-18(11)14/h1-7,12,19H,(H,15,20). The minimum Gasteiger partial charge on any atom is -0.378 e. The van der Waals surface area contributed by atoms with Crippen molar-refractivity contribution in [3.8, 4) is 0 Å². The van der Waals surface area contributed by atoms with Crippen LogP contribution in [-0.4, -0.2) is 25.6 Å². The Morgan fingerprint density at radius 3 is 3.05 bits per heavy atom. The third-order valence-electron chi connectivity index (χ3n) is 3.32. The van der Waals surface area contributed by atoms with Gasteiger partial charge in [-0.2, -0.15) is 0 Å². The summed E-state index contributed by atoms with van der Waals surface area (Å²) >= 11 is 1.45. The molecule has 2 N–H and O–H groups in total. The lowest BCUT2D eigenvalue weighted by atomic mass is 10.1. The lowest BCUT2D eigenvalue weighted by Gasteiger charge is -2.04. The Morgan fingerprint density at radius 1 is 1.24 bits per heavy atom. The van der Waals surface area contributed by atoms with Gasteiger partial charge in [-0.15, -0.1) is 10.2 Å². The van der Waals surface area contributed by atoms with Crippen LogP contribution in [0.1, 0.15) is 11.7 Å². The third-order valence-corrected chi connectivity index (χ3v) is 4.27. The smallest absolute Gasteiger partial charge is 0.257 e. The van der Waals surface area contributed by atoms with E-state index in [1.807, 2.05) is 40.9 Å². The highest BCUT2D eigenvalue weighted by atomic mass is 32.2. The Hall–Kier alpha value is -2.38. The van der Waals surface area contributed by atoms with Gasteiger partial charge in [-0.1, -0.05) is 12.1 Å². The Bertz CT molecular complexity index is 861. The van der Waals surface area contributed by atoms with Crippen LogP contribution in [0.5, 0.6) is 0 Å². The maximum atomic E-state index is 11.4. The van der Waals surface area contributed by atoms with Gasteiger partial charge in [0.15, 0.2) is 16.9 Å². The molecule has 0 fully saturated rings. The van der Waals surface area contributed by atoms with Crippen molar-refractivity contribution in [2.75, 3.05) is 5.32 Å². The van der Waals surface area contributed by atoms with Crippen LogP contribution in [0.25, 0.3) is 5.65 Å². The van der Waals surface area contributed by atoms with E-state index in [1.165, 1.54) is 11.8 Å². The number of amides is 1. The fourth-order valence-corrected chi connectivity index (χ4v) is 3.14. The monoisotopic (exact) mass is 298 g/mol. The maximum Gasteiger partial charge on any atom is 0.257 e. The minimum absolute atomic E-state index is 0.389. The summed E-state index contributed by atoms with van der Waals surface area (Å²) in [6.45, 7) is 0. The van der Waals surface area contributed by atoms with Crippen LogP contribution in [0, 0.1) is 0 Å². The number of nitrogens with zero attached hydrogens (tertiary/aromatic N) is 3. The molecule has 1 amide bonds. The van der Waals surface area contributed by atoms with Gasteiger partial charge in [0.25, 0.3) is 5.91 Å². The maximum absolute atomic E-state index is 11.4. The molecule has 0 saturated heterocycles. The van der Waals surface area contributed by atoms with Crippen molar-refractivity contribution in [3.63, 3.8) is 0 Å². The number of aliphatic hydroxyl groups is 1. The summed E-state index contributed by atoms with van der Waals surface area (Å²) in [5, 5.41) is 21.3. The highest BCUT2D eigenvalue weighted by Crippen LogP contribution is 2.35. The topological polar surface area (TPSA) is 79.5 Å². The lowest BCUT2D eigenvalue weighted by Crippen LogP contribution is -2.10. The van der Waals surface area contributed by atoms with Crippen LogP contribution in [0.3, 0.4) is 0 Å². The molecule has 0 spiro atoms. The van der Waals surface area contributed by atoms with E-state index < -0.39 is 6.10 Å². The van der Waals surface area contributed by atoms with Gasteiger partial charge < -0.3 is 10.4 Å². The van der Waals surface area contributed by atoms with Gasteiger partial charge in [-0.05, 0) is 36.0 Å². The Labute approximate surface area is 123 Å². The Morgan fingerprint density at radius 2 is 2.14 bits per heavy atom. The van der Waals surface area contributed by atoms with E-state index in [-0.39, 0.29) is 5.91 Å². The average molecular weight is 298 g/mol. The number of carbonyl (C=O) groups is 1. The van der Waals surface area contributed by atoms with Crippen LogP contribution in [-0.2, 0) is 4.79 Å². The van der Waals surface area contributed by atoms with Crippen LogP contribution in [0.2, 0.25) is 0 Å². The predicted molar refractivity (Wildman–Crippen MR) is 77.1 cm³/mol. The SMILES string of the molecule is O=C1Nc2cc(Sc3nnc4ccccn34)ccc2C1O. The number of anilines is 1. The van der Waals surface area contributed by atoms with E-state index in [4.69, 9.17) is 0 Å². The number of nitrogens with one attached hydrogen (secondary N) is 1. The van der Waals surface area contributed by atoms with Gasteiger partial charge in [-0.3, -0.25) is 9.20 Å². The zero-order valence-corrected chi connectivity index (χ0v) is 11.5. The van der Waals surface area contributed by atoms with Gasteiger partial charge in [0, 0.05) is 22.3 Å². The van der Waals surface area contributed by atoms with Crippen LogP contribution in [0.4, 0.5) is 5.69 Å². The second-order valence-corrected chi connectivity index (χ2v) is 5.69. The second kappa shape index (κ2) is 4.57. The summed E-state index contributed by atoms with van der Waals surface area (Å²) in [4.78, 5) is 12.4. The van der Waals surface area contributed by atoms with E-state index >= 15 is 0 Å². The van der Waals surface area contributed by atoms with Gasteiger partial charge in [0.05, 0.1) is 0 Å². The number of aromatic nitrogens is 3. The normalized spacial score (nSPS) is 17.0. The molecule has 104 valence electrons. The molecule has 0 aliphatic carbocycles. The highest BCUT2D eigenvalue weighted by Gasteiger charge is 2.28. The molecule has 0 radical (unpaired) electrons. The zero-order chi connectivity index (χ0) is 14.4. The molecule has 0 bridgehead atoms. The van der Waals surface area contributed by atoms with E-state index in [1.54, 1.807) is 6.07 Å². The number of pyridine rings is 1. The number of aliphatic hydroxyl groups excluding tert-OH is 1. The first-order valence-electron chi connectivity index (χ1n) is 6.33. The quantitative estimate of drug-likeness (QED) is 0.755. The van der Waals surface area contributed by atoms with Gasteiger partial charge in [-0.25, -0.2) is 0 Å². The van der Waals surface area contributed by atoms with Crippen molar-refractivity contribution in [1.29, 1.82) is 0 Å². The molecule has 6 nitrogen and oxygen atoms in total. The van der Waals surface area contributed by atoms with Crippen molar-refractivity contribution in [3.05, 3.63) is 48.2 Å². The molecule has 1 atom stereocenters. The molecule has 1 aliphatic heterocycles. The molecule has 4 rings (SSSR count). The molecule has 2 aromatic heterocycles. The van der Waals surface area contributed by atoms with E-state index in [2.05, 4.69) is 15.5 Å². The summed E-state index contributed by atoms with van der Waals surface area (Å²) in [6, 6.07) is 11.2. The molecule has 7 heteroatoms. The summed E-state index contributed by atoms with van der Waals surface area (Å²) in [7, 11) is 0. The summed E-state index contributed by atoms with van der Waals surface area (Å²) in [5.41, 5.74) is 2.03. The second-order valence-electron chi connectivity index (χ2n) is 4.65. The first-order chi connectivity index (χ1) is 10.2. The molecular weight excluding hydrogens is 288 g/mol. The molecule has 3 aromatic rings. The average Bonchev–Trinajstić information content (AvgIpc) is 3.02. The van der Waals surface area contributed by atoms with E-state index in [0.29, 0.717) is 11.3 Å². The molecular formula is C14H10N4O2S. The number of hydrogen-bond donors (Lipinski definition) is 2. The number of hydrogen-bond acceptors (Lipinski definition) is 5. The summed E-state index contributed by atoms with van der Waals surface area (Å²) in [5.74, 6) is -0.389. The van der Waals surface area contributed by atoms with Crippen LogP contribution >= 0.6 is 11.8 Å². The molecule has 1 aromatic carbocycles. The van der Waals surface area contributed by atoms with Crippen molar-refractivity contribution >= 4 is 29.0 Å². The number of rotatable bonds is 2. The van der Waals surface area contributed by atoms with E-state index in [9.17, 15) is 9.90 Å². The largest absolute Gasteiger partial charge is 0.378 e. The summed E-state index contributed by atoms with van der Waals surface area (Å²) < 4.78 is 1.89. The van der Waals surface area contributed by atoms with E-state index in [0.717, 1.165) is 15.7 Å². The summed E-state index contributed by atoms with van der Waals surface area (Å²) in [6.07, 6.45) is 0.823. The fourth-order valence-electron chi connectivity index (χ4n) is 2.28. The molecule has 1 aliphatic rings. The third kappa shape index (κ3) is 1.98.